The summed E-state index contributed by atoms with van der Waals surface area (Å²) in [7, 11) is 0. The first kappa shape index (κ1) is 13.2. The van der Waals surface area contributed by atoms with Crippen molar-refractivity contribution in [1.82, 2.24) is 4.90 Å². The minimum Gasteiger partial charge on any atom is -0.392 e. The molecule has 1 N–H and O–H groups in total. The monoisotopic (exact) mass is 247 g/mol. The topological polar surface area (TPSA) is 40.5 Å². The van der Waals surface area contributed by atoms with Crippen molar-refractivity contribution in [3.63, 3.8) is 0 Å². The van der Waals surface area contributed by atoms with E-state index in [1.54, 1.807) is 0 Å². The molecule has 0 aromatic heterocycles. The molecule has 2 rings (SSSR count). The molecule has 1 aliphatic heterocycles. The number of hydrogen-bond acceptors (Lipinski definition) is 3. The number of ketones is 1. The van der Waals surface area contributed by atoms with Gasteiger partial charge in [-0.25, -0.2) is 0 Å². The molecule has 0 spiro atoms. The minimum atomic E-state index is -0.266. The average Bonchev–Trinajstić information content (AvgIpc) is 2.62. The van der Waals surface area contributed by atoms with E-state index in [1.807, 2.05) is 25.7 Å². The van der Waals surface area contributed by atoms with Gasteiger partial charge in [0.1, 0.15) is 0 Å². The van der Waals surface area contributed by atoms with Crippen molar-refractivity contribution in [2.24, 2.45) is 0 Å². The van der Waals surface area contributed by atoms with Crippen LogP contribution in [0, 0.1) is 20.8 Å². The fourth-order valence-corrected chi connectivity index (χ4v) is 2.86. The van der Waals surface area contributed by atoms with Crippen LogP contribution in [0.5, 0.6) is 0 Å². The Balaban J connectivity index is 2.14. The summed E-state index contributed by atoms with van der Waals surface area (Å²) in [5, 5.41) is 9.48. The number of rotatable bonds is 3. The quantitative estimate of drug-likeness (QED) is 0.829. The van der Waals surface area contributed by atoms with Crippen LogP contribution in [0.3, 0.4) is 0 Å². The van der Waals surface area contributed by atoms with Gasteiger partial charge >= 0.3 is 0 Å². The SMILES string of the molecule is Cc1cc(C)c(C(=O)CN2CCC(O)C2)c(C)c1. The maximum Gasteiger partial charge on any atom is 0.177 e. The molecule has 0 amide bonds. The van der Waals surface area contributed by atoms with Crippen molar-refractivity contribution in [2.75, 3.05) is 19.6 Å². The predicted octanol–water partition coefficient (Wildman–Crippen LogP) is 1.86. The number of carbonyl (C=O) groups excluding carboxylic acids is 1. The molecule has 98 valence electrons. The number of nitrogens with zero attached hydrogens (tertiary/aromatic N) is 1. The van der Waals surface area contributed by atoms with Gasteiger partial charge in [0.2, 0.25) is 0 Å². The Morgan fingerprint density at radius 2 is 1.94 bits per heavy atom. The van der Waals surface area contributed by atoms with Gasteiger partial charge in [0.25, 0.3) is 0 Å². The van der Waals surface area contributed by atoms with Crippen LogP contribution in [0.4, 0.5) is 0 Å². The number of β-amino-alcohol motifs (C(OH)–C–C–N with tert-alkyl or cyclic N) is 1. The van der Waals surface area contributed by atoms with E-state index in [-0.39, 0.29) is 11.9 Å². The summed E-state index contributed by atoms with van der Waals surface area (Å²) in [6.07, 6.45) is 0.511. The lowest BCUT2D eigenvalue weighted by molar-refractivity contribution is 0.0933. The second-order valence-corrected chi connectivity index (χ2v) is 5.37. The first-order chi connectivity index (χ1) is 8.47. The van der Waals surface area contributed by atoms with Crippen molar-refractivity contribution in [1.29, 1.82) is 0 Å². The molecule has 1 atom stereocenters. The summed E-state index contributed by atoms with van der Waals surface area (Å²) in [6, 6.07) is 4.11. The summed E-state index contributed by atoms with van der Waals surface area (Å²) >= 11 is 0. The number of aryl methyl sites for hydroxylation is 3. The molecule has 0 aliphatic carbocycles. The lowest BCUT2D eigenvalue weighted by Gasteiger charge is -2.16. The molecule has 1 unspecified atom stereocenters. The van der Waals surface area contributed by atoms with Gasteiger partial charge in [-0.05, 0) is 38.3 Å². The van der Waals surface area contributed by atoms with Crippen LogP contribution >= 0.6 is 0 Å². The van der Waals surface area contributed by atoms with Crippen LogP contribution in [0.25, 0.3) is 0 Å². The Bertz CT molecular complexity index is 445. The molecule has 3 nitrogen and oxygen atoms in total. The Morgan fingerprint density at radius 1 is 1.33 bits per heavy atom. The van der Waals surface area contributed by atoms with Crippen LogP contribution in [-0.4, -0.2) is 41.5 Å². The third-order valence-corrected chi connectivity index (χ3v) is 3.57. The highest BCUT2D eigenvalue weighted by molar-refractivity contribution is 6.00. The van der Waals surface area contributed by atoms with E-state index >= 15 is 0 Å². The molecular weight excluding hydrogens is 226 g/mol. The molecule has 0 saturated carbocycles. The molecule has 1 fully saturated rings. The predicted molar refractivity (Wildman–Crippen MR) is 72.0 cm³/mol. The van der Waals surface area contributed by atoms with Gasteiger partial charge in [-0.2, -0.15) is 0 Å². The van der Waals surface area contributed by atoms with Gasteiger partial charge in [-0.3, -0.25) is 9.69 Å². The minimum absolute atomic E-state index is 0.166. The third-order valence-electron chi connectivity index (χ3n) is 3.57. The second-order valence-electron chi connectivity index (χ2n) is 5.37. The van der Waals surface area contributed by atoms with E-state index < -0.39 is 0 Å². The van der Waals surface area contributed by atoms with Crippen LogP contribution in [0.15, 0.2) is 12.1 Å². The van der Waals surface area contributed by atoms with Gasteiger partial charge in [-0.15, -0.1) is 0 Å². The average molecular weight is 247 g/mol. The number of aliphatic hydroxyl groups is 1. The van der Waals surface area contributed by atoms with E-state index in [0.717, 1.165) is 29.7 Å². The Kier molecular flexibility index (Phi) is 3.83. The van der Waals surface area contributed by atoms with Crippen molar-refractivity contribution in [2.45, 2.75) is 33.3 Å². The number of carbonyl (C=O) groups is 1. The normalized spacial score (nSPS) is 20.3. The number of likely N-dealkylation sites (tertiary alicyclic amines) is 1. The first-order valence-corrected chi connectivity index (χ1v) is 6.49. The van der Waals surface area contributed by atoms with Gasteiger partial charge in [-0.1, -0.05) is 17.7 Å². The van der Waals surface area contributed by atoms with Gasteiger partial charge < -0.3 is 5.11 Å². The third kappa shape index (κ3) is 2.79. The van der Waals surface area contributed by atoms with Crippen LogP contribution in [0.2, 0.25) is 0 Å². The molecular formula is C15H21NO2. The van der Waals surface area contributed by atoms with Crippen molar-refractivity contribution < 1.29 is 9.90 Å². The maximum absolute atomic E-state index is 12.3. The summed E-state index contributed by atoms with van der Waals surface area (Å²) in [5.74, 6) is 0.166. The van der Waals surface area contributed by atoms with Crippen molar-refractivity contribution in [3.8, 4) is 0 Å². The summed E-state index contributed by atoms with van der Waals surface area (Å²) < 4.78 is 0. The molecule has 1 aromatic rings. The van der Waals surface area contributed by atoms with E-state index in [0.29, 0.717) is 13.1 Å². The highest BCUT2D eigenvalue weighted by Crippen LogP contribution is 2.18. The molecule has 1 saturated heterocycles. The number of Topliss-reactive ketones (excluding diaryl/α,β-unsaturated/α-hetero) is 1. The fraction of sp³-hybridized carbons (Fsp3) is 0.533. The Labute approximate surface area is 108 Å². The van der Waals surface area contributed by atoms with Gasteiger partial charge in [0, 0.05) is 18.7 Å². The summed E-state index contributed by atoms with van der Waals surface area (Å²) in [4.78, 5) is 14.4. The van der Waals surface area contributed by atoms with E-state index in [4.69, 9.17) is 0 Å². The lowest BCUT2D eigenvalue weighted by Crippen LogP contribution is -2.29. The first-order valence-electron chi connectivity index (χ1n) is 6.49. The van der Waals surface area contributed by atoms with E-state index in [2.05, 4.69) is 12.1 Å². The number of benzene rings is 1. The standard InChI is InChI=1S/C15H21NO2/c1-10-6-11(2)15(12(3)7-10)14(18)9-16-5-4-13(17)8-16/h6-7,13,17H,4-5,8-9H2,1-3H3. The fourth-order valence-electron chi connectivity index (χ4n) is 2.86. The van der Waals surface area contributed by atoms with Crippen LogP contribution in [0.1, 0.15) is 33.5 Å². The zero-order valence-corrected chi connectivity index (χ0v) is 11.4. The van der Waals surface area contributed by atoms with Crippen molar-refractivity contribution in [3.05, 3.63) is 34.4 Å². The maximum atomic E-state index is 12.3. The second kappa shape index (κ2) is 5.21. The molecule has 0 bridgehead atoms. The lowest BCUT2D eigenvalue weighted by atomic mass is 9.96. The van der Waals surface area contributed by atoms with E-state index in [9.17, 15) is 9.90 Å². The largest absolute Gasteiger partial charge is 0.392 e. The number of aliphatic hydroxyl groups excluding tert-OH is 1. The van der Waals surface area contributed by atoms with Gasteiger partial charge in [0.05, 0.1) is 12.6 Å². The highest BCUT2D eigenvalue weighted by atomic mass is 16.3. The van der Waals surface area contributed by atoms with Crippen LogP contribution < -0.4 is 0 Å². The molecule has 1 aromatic carbocycles. The summed E-state index contributed by atoms with van der Waals surface area (Å²) in [5.41, 5.74) is 4.15. The van der Waals surface area contributed by atoms with Crippen LogP contribution in [-0.2, 0) is 0 Å². The Morgan fingerprint density at radius 3 is 2.44 bits per heavy atom. The van der Waals surface area contributed by atoms with E-state index in [1.165, 1.54) is 5.56 Å². The molecule has 18 heavy (non-hydrogen) atoms. The smallest absolute Gasteiger partial charge is 0.177 e. The number of hydrogen-bond donors (Lipinski definition) is 1. The molecule has 0 radical (unpaired) electrons. The van der Waals surface area contributed by atoms with Crippen molar-refractivity contribution >= 4 is 5.78 Å². The van der Waals surface area contributed by atoms with Gasteiger partial charge in [0.15, 0.2) is 5.78 Å². The Hall–Kier alpha value is -1.19. The zero-order chi connectivity index (χ0) is 13.3. The molecule has 3 heteroatoms. The molecule has 1 aliphatic rings. The molecule has 1 heterocycles. The summed E-state index contributed by atoms with van der Waals surface area (Å²) in [6.45, 7) is 7.89. The highest BCUT2D eigenvalue weighted by Gasteiger charge is 2.23. The zero-order valence-electron chi connectivity index (χ0n) is 11.4.